The number of methoxy groups -OCH3 is 1. The highest BCUT2D eigenvalue weighted by molar-refractivity contribution is 5.98. The Morgan fingerprint density at radius 2 is 1.42 bits per heavy atom. The largest absolute Gasteiger partial charge is 0.467 e. The lowest BCUT2D eigenvalue weighted by Gasteiger charge is -2.23. The molecule has 0 heterocycles. The third kappa shape index (κ3) is 7.26. The maximum atomic E-state index is 13.1. The predicted molar refractivity (Wildman–Crippen MR) is 98.4 cm³/mol. The smallest absolute Gasteiger partial charge is 0.416 e. The van der Waals surface area contributed by atoms with Crippen molar-refractivity contribution in [2.75, 3.05) is 13.7 Å². The third-order valence-corrected chi connectivity index (χ3v) is 4.33. The first kappa shape index (κ1) is 26.3. The molecule has 0 spiro atoms. The monoisotopic (exact) mass is 482 g/mol. The summed E-state index contributed by atoms with van der Waals surface area (Å²) >= 11 is 0. The quantitative estimate of drug-likeness (QED) is 0.220. The summed E-state index contributed by atoms with van der Waals surface area (Å²) in [6.45, 7) is 0.291. The van der Waals surface area contributed by atoms with Crippen LogP contribution in [0.1, 0.15) is 40.1 Å². The summed E-state index contributed by atoms with van der Waals surface area (Å²) in [5, 5.41) is 0. The summed E-state index contributed by atoms with van der Waals surface area (Å²) in [5.74, 6) is -2.55. The molecule has 5 nitrogen and oxygen atoms in total. The molecular formula is C21H17F7O5. The van der Waals surface area contributed by atoms with Crippen LogP contribution in [0.3, 0.4) is 0 Å². The first-order valence-electron chi connectivity index (χ1n) is 9.15. The van der Waals surface area contributed by atoms with Gasteiger partial charge in [0.05, 0.1) is 24.3 Å². The second kappa shape index (κ2) is 10.3. The fraction of sp³-hybridized carbons (Fsp3) is 0.333. The van der Waals surface area contributed by atoms with Crippen molar-refractivity contribution in [2.24, 2.45) is 0 Å². The van der Waals surface area contributed by atoms with E-state index in [4.69, 9.17) is 9.47 Å². The number of hydrogen-bond donors (Lipinski definition) is 0. The van der Waals surface area contributed by atoms with Gasteiger partial charge in [0.1, 0.15) is 12.4 Å². The molecule has 12 heteroatoms. The zero-order valence-corrected chi connectivity index (χ0v) is 17.1. The molecule has 0 aromatic heterocycles. The number of halogens is 7. The lowest BCUT2D eigenvalue weighted by molar-refractivity contribution is -0.168. The van der Waals surface area contributed by atoms with Crippen LogP contribution in [0, 0.1) is 5.82 Å². The SMILES string of the molecule is COC(=O)CO[C@@H](O[C@H](C)c1cc(C(F)(F)F)cc(C(F)(F)F)c1)C(=O)c1ccc(F)cc1. The van der Waals surface area contributed by atoms with E-state index in [9.17, 15) is 40.3 Å². The van der Waals surface area contributed by atoms with Gasteiger partial charge in [0, 0.05) is 5.56 Å². The van der Waals surface area contributed by atoms with Crippen molar-refractivity contribution in [3.8, 4) is 0 Å². The van der Waals surface area contributed by atoms with E-state index in [2.05, 4.69) is 4.74 Å². The maximum Gasteiger partial charge on any atom is 0.416 e. The molecule has 2 aromatic rings. The zero-order chi connectivity index (χ0) is 25.0. The predicted octanol–water partition coefficient (Wildman–Crippen LogP) is 5.34. The van der Waals surface area contributed by atoms with Gasteiger partial charge in [0.15, 0.2) is 0 Å². The van der Waals surface area contributed by atoms with E-state index < -0.39 is 65.6 Å². The van der Waals surface area contributed by atoms with E-state index in [1.54, 1.807) is 0 Å². The molecule has 0 aliphatic heterocycles. The van der Waals surface area contributed by atoms with Crippen molar-refractivity contribution in [3.63, 3.8) is 0 Å². The highest BCUT2D eigenvalue weighted by Gasteiger charge is 2.38. The molecule has 2 rings (SSSR count). The molecule has 0 saturated carbocycles. The lowest BCUT2D eigenvalue weighted by atomic mass is 10.0. The van der Waals surface area contributed by atoms with Crippen molar-refractivity contribution in [1.29, 1.82) is 0 Å². The summed E-state index contributed by atoms with van der Waals surface area (Å²) in [6.07, 6.45) is -13.6. The average Bonchev–Trinajstić information content (AvgIpc) is 2.74. The second-order valence-corrected chi connectivity index (χ2v) is 6.71. The molecule has 0 amide bonds. The van der Waals surface area contributed by atoms with Crippen LogP contribution in [-0.2, 0) is 31.4 Å². The Labute approximate surface area is 183 Å². The lowest BCUT2D eigenvalue weighted by Crippen LogP contribution is -2.31. The number of carbonyl (C=O) groups is 2. The average molecular weight is 482 g/mol. The van der Waals surface area contributed by atoms with Crippen molar-refractivity contribution < 1.29 is 54.5 Å². The van der Waals surface area contributed by atoms with Gasteiger partial charge in [-0.3, -0.25) is 4.79 Å². The van der Waals surface area contributed by atoms with Gasteiger partial charge in [0.2, 0.25) is 12.1 Å². The summed E-state index contributed by atoms with van der Waals surface area (Å²) in [4.78, 5) is 24.1. The second-order valence-electron chi connectivity index (χ2n) is 6.71. The van der Waals surface area contributed by atoms with Crippen molar-refractivity contribution >= 4 is 11.8 Å². The minimum Gasteiger partial charge on any atom is -0.467 e. The minimum absolute atomic E-state index is 0.0505. The number of esters is 1. The van der Waals surface area contributed by atoms with Crippen molar-refractivity contribution in [1.82, 2.24) is 0 Å². The number of carbonyl (C=O) groups excluding carboxylic acids is 2. The van der Waals surface area contributed by atoms with E-state index in [-0.39, 0.29) is 11.6 Å². The van der Waals surface area contributed by atoms with E-state index in [0.717, 1.165) is 38.3 Å². The summed E-state index contributed by atoms with van der Waals surface area (Å²) in [6, 6.07) is 4.84. The number of benzene rings is 2. The van der Waals surface area contributed by atoms with E-state index in [1.165, 1.54) is 0 Å². The highest BCUT2D eigenvalue weighted by atomic mass is 19.4. The van der Waals surface area contributed by atoms with Crippen LogP contribution >= 0.6 is 0 Å². The topological polar surface area (TPSA) is 61.8 Å². The van der Waals surface area contributed by atoms with Crippen molar-refractivity contribution in [3.05, 3.63) is 70.5 Å². The molecule has 0 aliphatic carbocycles. The molecule has 2 aromatic carbocycles. The fourth-order valence-electron chi connectivity index (χ4n) is 2.61. The number of rotatable bonds is 8. The third-order valence-electron chi connectivity index (χ3n) is 4.33. The standard InChI is InChI=1S/C21H17F7O5/c1-11(13-7-14(20(23,24)25)9-15(8-13)21(26,27)28)33-19(32-10-17(29)31-2)18(30)12-3-5-16(22)6-4-12/h3-9,11,19H,10H2,1-2H3/t11-,19+/m1/s1. The van der Waals surface area contributed by atoms with Crippen LogP contribution < -0.4 is 0 Å². The molecular weight excluding hydrogens is 465 g/mol. The Morgan fingerprint density at radius 3 is 1.88 bits per heavy atom. The first-order valence-corrected chi connectivity index (χ1v) is 9.15. The van der Waals surface area contributed by atoms with Crippen LogP contribution in [0.25, 0.3) is 0 Å². The number of Topliss-reactive ketones (excluding diaryl/α,β-unsaturated/α-hetero) is 1. The molecule has 180 valence electrons. The molecule has 0 aliphatic rings. The number of alkyl halides is 6. The van der Waals surface area contributed by atoms with Gasteiger partial charge in [-0.15, -0.1) is 0 Å². The normalized spacial score (nSPS) is 14.0. The number of ether oxygens (including phenoxy) is 3. The molecule has 0 radical (unpaired) electrons. The molecule has 0 bridgehead atoms. The Bertz CT molecular complexity index is 952. The molecule has 33 heavy (non-hydrogen) atoms. The number of hydrogen-bond acceptors (Lipinski definition) is 5. The molecule has 0 unspecified atom stereocenters. The molecule has 2 atom stereocenters. The van der Waals surface area contributed by atoms with Crippen LogP contribution in [0.2, 0.25) is 0 Å². The number of ketones is 1. The van der Waals surface area contributed by atoms with Gasteiger partial charge in [-0.05, 0) is 55.0 Å². The fourth-order valence-corrected chi connectivity index (χ4v) is 2.61. The van der Waals surface area contributed by atoms with Crippen LogP contribution in [0.4, 0.5) is 30.7 Å². The van der Waals surface area contributed by atoms with Gasteiger partial charge in [-0.2, -0.15) is 26.3 Å². The van der Waals surface area contributed by atoms with Crippen LogP contribution in [0.15, 0.2) is 42.5 Å². The van der Waals surface area contributed by atoms with Gasteiger partial charge >= 0.3 is 18.3 Å². The molecule has 0 saturated heterocycles. The Balaban J connectivity index is 2.39. The van der Waals surface area contributed by atoms with Gasteiger partial charge in [0.25, 0.3) is 0 Å². The highest BCUT2D eigenvalue weighted by Crippen LogP contribution is 2.38. The molecule has 0 fully saturated rings. The summed E-state index contributed by atoms with van der Waals surface area (Å²) in [7, 11) is 1.02. The van der Waals surface area contributed by atoms with E-state index in [0.29, 0.717) is 12.1 Å². The zero-order valence-electron chi connectivity index (χ0n) is 17.1. The Kier molecular flexibility index (Phi) is 8.20. The van der Waals surface area contributed by atoms with E-state index >= 15 is 0 Å². The van der Waals surface area contributed by atoms with Gasteiger partial charge in [-0.25, -0.2) is 9.18 Å². The maximum absolute atomic E-state index is 13.1. The van der Waals surface area contributed by atoms with Gasteiger partial charge in [-0.1, -0.05) is 0 Å². The summed E-state index contributed by atoms with van der Waals surface area (Å²) in [5.41, 5.74) is -3.83. The van der Waals surface area contributed by atoms with Gasteiger partial charge < -0.3 is 14.2 Å². The molecule has 0 N–H and O–H groups in total. The minimum atomic E-state index is -5.08. The van der Waals surface area contributed by atoms with Crippen LogP contribution in [-0.4, -0.2) is 31.8 Å². The Morgan fingerprint density at radius 1 is 0.909 bits per heavy atom. The first-order chi connectivity index (χ1) is 15.2. The summed E-state index contributed by atoms with van der Waals surface area (Å²) < 4.78 is 107. The van der Waals surface area contributed by atoms with Crippen LogP contribution in [0.5, 0.6) is 0 Å². The van der Waals surface area contributed by atoms with Crippen molar-refractivity contribution in [2.45, 2.75) is 31.7 Å². The Hall–Kier alpha value is -2.99. The van der Waals surface area contributed by atoms with E-state index in [1.807, 2.05) is 0 Å².